The number of hydrogen-bond acceptors (Lipinski definition) is 3. The third kappa shape index (κ3) is 3.17. The van der Waals surface area contributed by atoms with Crippen molar-refractivity contribution in [3.05, 3.63) is 71.4 Å². The SMILES string of the molecule is O=C(c1ccc(OC2CCC2)cc1)N1CCc2[nH]nc(-c3ccccc3)c2C1. The second kappa shape index (κ2) is 7.15. The zero-order chi connectivity index (χ0) is 18.9. The Morgan fingerprint density at radius 2 is 1.86 bits per heavy atom. The van der Waals surface area contributed by atoms with Crippen LogP contribution in [0.15, 0.2) is 54.6 Å². The normalized spacial score (nSPS) is 16.4. The van der Waals surface area contributed by atoms with Crippen LogP contribution in [-0.2, 0) is 13.0 Å². The lowest BCUT2D eigenvalue weighted by molar-refractivity contribution is 0.0734. The summed E-state index contributed by atoms with van der Waals surface area (Å²) < 4.78 is 5.89. The van der Waals surface area contributed by atoms with E-state index in [4.69, 9.17) is 4.74 Å². The number of H-pyrrole nitrogens is 1. The Hall–Kier alpha value is -3.08. The van der Waals surface area contributed by atoms with Gasteiger partial charge in [0.15, 0.2) is 0 Å². The largest absolute Gasteiger partial charge is 0.490 e. The standard InChI is InChI=1S/C23H23N3O2/c27-23(17-9-11-19(12-10-17)28-18-7-4-8-18)26-14-13-21-20(15-26)22(25-24-21)16-5-2-1-3-6-16/h1-3,5-6,9-12,18H,4,7-8,13-15H2,(H,24,25). The van der Waals surface area contributed by atoms with Crippen molar-refractivity contribution in [2.24, 2.45) is 0 Å². The van der Waals surface area contributed by atoms with Crippen molar-refractivity contribution < 1.29 is 9.53 Å². The molecule has 0 spiro atoms. The van der Waals surface area contributed by atoms with Crippen molar-refractivity contribution in [2.45, 2.75) is 38.3 Å². The van der Waals surface area contributed by atoms with Crippen molar-refractivity contribution in [2.75, 3.05) is 6.54 Å². The minimum atomic E-state index is 0.0565. The first kappa shape index (κ1) is 17.0. The number of carbonyl (C=O) groups excluding carboxylic acids is 1. The van der Waals surface area contributed by atoms with Gasteiger partial charge < -0.3 is 9.64 Å². The first-order valence-corrected chi connectivity index (χ1v) is 9.95. The lowest BCUT2D eigenvalue weighted by atomic mass is 9.96. The molecule has 1 aromatic heterocycles. The van der Waals surface area contributed by atoms with Crippen molar-refractivity contribution in [3.8, 4) is 17.0 Å². The first-order valence-electron chi connectivity index (χ1n) is 9.95. The van der Waals surface area contributed by atoms with Gasteiger partial charge in [0.25, 0.3) is 5.91 Å². The molecule has 1 fully saturated rings. The number of ether oxygens (including phenoxy) is 1. The molecule has 5 rings (SSSR count). The average Bonchev–Trinajstić information content (AvgIpc) is 3.14. The maximum absolute atomic E-state index is 13.0. The van der Waals surface area contributed by atoms with Gasteiger partial charge in [0.05, 0.1) is 11.8 Å². The quantitative estimate of drug-likeness (QED) is 0.745. The van der Waals surface area contributed by atoms with E-state index in [-0.39, 0.29) is 5.91 Å². The minimum absolute atomic E-state index is 0.0565. The van der Waals surface area contributed by atoms with Crippen LogP contribution in [0, 0.1) is 0 Å². The highest BCUT2D eigenvalue weighted by molar-refractivity contribution is 5.94. The maximum Gasteiger partial charge on any atom is 0.254 e. The molecule has 28 heavy (non-hydrogen) atoms. The molecule has 0 saturated heterocycles. The summed E-state index contributed by atoms with van der Waals surface area (Å²) in [5.41, 5.74) is 4.97. The van der Waals surface area contributed by atoms with Crippen molar-refractivity contribution in [1.29, 1.82) is 0 Å². The highest BCUT2D eigenvalue weighted by Crippen LogP contribution is 2.29. The average molecular weight is 373 g/mol. The molecule has 5 nitrogen and oxygen atoms in total. The summed E-state index contributed by atoms with van der Waals surface area (Å²) in [5.74, 6) is 0.907. The van der Waals surface area contributed by atoms with E-state index in [0.717, 1.165) is 47.5 Å². The zero-order valence-electron chi connectivity index (χ0n) is 15.7. The number of carbonyl (C=O) groups is 1. The third-order valence-electron chi connectivity index (χ3n) is 5.72. The summed E-state index contributed by atoms with van der Waals surface area (Å²) in [7, 11) is 0. The molecular weight excluding hydrogens is 350 g/mol. The Balaban J connectivity index is 1.33. The molecule has 1 saturated carbocycles. The molecule has 1 aliphatic carbocycles. The number of benzene rings is 2. The zero-order valence-corrected chi connectivity index (χ0v) is 15.7. The summed E-state index contributed by atoms with van der Waals surface area (Å²) in [6.07, 6.45) is 4.65. The van der Waals surface area contributed by atoms with Crippen LogP contribution in [-0.4, -0.2) is 33.7 Å². The second-order valence-corrected chi connectivity index (χ2v) is 7.57. The van der Waals surface area contributed by atoms with E-state index in [9.17, 15) is 4.79 Å². The molecule has 2 heterocycles. The summed E-state index contributed by atoms with van der Waals surface area (Å²) in [6.45, 7) is 1.28. The van der Waals surface area contributed by atoms with Crippen LogP contribution < -0.4 is 4.74 Å². The number of hydrogen-bond donors (Lipinski definition) is 1. The van der Waals surface area contributed by atoms with Gasteiger partial charge in [-0.3, -0.25) is 9.89 Å². The van der Waals surface area contributed by atoms with Gasteiger partial charge >= 0.3 is 0 Å². The van der Waals surface area contributed by atoms with E-state index in [1.165, 1.54) is 6.42 Å². The first-order chi connectivity index (χ1) is 13.8. The molecule has 0 atom stereocenters. The molecule has 0 unspecified atom stereocenters. The van der Waals surface area contributed by atoms with Gasteiger partial charge in [-0.15, -0.1) is 0 Å². The van der Waals surface area contributed by atoms with E-state index in [2.05, 4.69) is 22.3 Å². The fourth-order valence-corrected chi connectivity index (χ4v) is 3.84. The van der Waals surface area contributed by atoms with Crippen LogP contribution in [0.25, 0.3) is 11.3 Å². The maximum atomic E-state index is 13.0. The van der Waals surface area contributed by atoms with Crippen LogP contribution in [0.1, 0.15) is 40.9 Å². The van der Waals surface area contributed by atoms with E-state index in [1.54, 1.807) is 0 Å². The highest BCUT2D eigenvalue weighted by Gasteiger charge is 2.26. The molecule has 1 N–H and O–H groups in total. The highest BCUT2D eigenvalue weighted by atomic mass is 16.5. The lowest BCUT2D eigenvalue weighted by Crippen LogP contribution is -2.35. The molecule has 0 radical (unpaired) electrons. The summed E-state index contributed by atoms with van der Waals surface area (Å²) in [4.78, 5) is 14.9. The van der Waals surface area contributed by atoms with Gasteiger partial charge in [0.1, 0.15) is 5.75 Å². The second-order valence-electron chi connectivity index (χ2n) is 7.57. The molecule has 3 aromatic rings. The summed E-state index contributed by atoms with van der Waals surface area (Å²) in [5, 5.41) is 7.66. The van der Waals surface area contributed by atoms with Crippen LogP contribution >= 0.6 is 0 Å². The Kier molecular flexibility index (Phi) is 4.35. The summed E-state index contributed by atoms with van der Waals surface area (Å²) in [6, 6.07) is 17.7. The molecule has 5 heteroatoms. The fraction of sp³-hybridized carbons (Fsp3) is 0.304. The molecule has 0 bridgehead atoms. The Morgan fingerprint density at radius 1 is 1.07 bits per heavy atom. The number of rotatable bonds is 4. The Bertz CT molecular complexity index is 975. The molecular formula is C23H23N3O2. The number of nitrogens with one attached hydrogen (secondary N) is 1. The van der Waals surface area contributed by atoms with E-state index in [1.807, 2.05) is 47.4 Å². The van der Waals surface area contributed by atoms with Crippen LogP contribution in [0.3, 0.4) is 0 Å². The lowest BCUT2D eigenvalue weighted by Gasteiger charge is -2.28. The van der Waals surface area contributed by atoms with Crippen LogP contribution in [0.2, 0.25) is 0 Å². The van der Waals surface area contributed by atoms with Crippen molar-refractivity contribution >= 4 is 5.91 Å². The topological polar surface area (TPSA) is 58.2 Å². The predicted octanol–water partition coefficient (Wildman–Crippen LogP) is 4.21. The molecule has 142 valence electrons. The molecule has 1 aliphatic heterocycles. The Morgan fingerprint density at radius 3 is 2.57 bits per heavy atom. The van der Waals surface area contributed by atoms with Gasteiger partial charge in [0.2, 0.25) is 0 Å². The van der Waals surface area contributed by atoms with Crippen LogP contribution in [0.4, 0.5) is 0 Å². The number of aromatic nitrogens is 2. The number of nitrogens with zero attached hydrogens (tertiary/aromatic N) is 2. The smallest absolute Gasteiger partial charge is 0.254 e. The number of aromatic amines is 1. The fourth-order valence-electron chi connectivity index (χ4n) is 3.84. The van der Waals surface area contributed by atoms with Crippen LogP contribution in [0.5, 0.6) is 5.75 Å². The van der Waals surface area contributed by atoms with E-state index in [0.29, 0.717) is 24.8 Å². The monoisotopic (exact) mass is 373 g/mol. The van der Waals surface area contributed by atoms with Gasteiger partial charge in [-0.1, -0.05) is 30.3 Å². The van der Waals surface area contributed by atoms with Crippen molar-refractivity contribution in [1.82, 2.24) is 15.1 Å². The third-order valence-corrected chi connectivity index (χ3v) is 5.72. The van der Waals surface area contributed by atoms with Gasteiger partial charge in [-0.05, 0) is 43.5 Å². The summed E-state index contributed by atoms with van der Waals surface area (Å²) >= 11 is 0. The molecule has 2 aromatic carbocycles. The van der Waals surface area contributed by atoms with E-state index < -0.39 is 0 Å². The minimum Gasteiger partial charge on any atom is -0.490 e. The van der Waals surface area contributed by atoms with Crippen molar-refractivity contribution in [3.63, 3.8) is 0 Å². The Labute approximate surface area is 164 Å². The molecule has 1 amide bonds. The molecule has 2 aliphatic rings. The predicted molar refractivity (Wildman–Crippen MR) is 107 cm³/mol. The number of amides is 1. The van der Waals surface area contributed by atoms with Gasteiger partial charge in [-0.2, -0.15) is 5.10 Å². The van der Waals surface area contributed by atoms with E-state index >= 15 is 0 Å². The van der Waals surface area contributed by atoms with Gasteiger partial charge in [0, 0.05) is 41.9 Å². The number of fused-ring (bicyclic) bond motifs is 1. The van der Waals surface area contributed by atoms with Gasteiger partial charge in [-0.25, -0.2) is 0 Å².